The van der Waals surface area contributed by atoms with Crippen LogP contribution in [-0.4, -0.2) is 108 Å². The molecule has 1 saturated carbocycles. The van der Waals surface area contributed by atoms with Gasteiger partial charge in [-0.05, 0) is 221 Å². The molecule has 10 heterocycles. The minimum absolute atomic E-state index is 0.0183. The van der Waals surface area contributed by atoms with Crippen LogP contribution in [0, 0.1) is 44.1 Å². The molecule has 0 radical (unpaired) electrons. The maximum atomic E-state index is 15.5. The van der Waals surface area contributed by atoms with Crippen LogP contribution < -0.4 is 60.7 Å². The van der Waals surface area contributed by atoms with Crippen LogP contribution in [0.2, 0.25) is 0 Å². The Bertz CT molecular complexity index is 7620. The number of benzene rings is 9. The molecule has 9 aromatic heterocycles. The van der Waals surface area contributed by atoms with E-state index in [0.717, 1.165) is 51.0 Å². The van der Waals surface area contributed by atoms with Crippen LogP contribution in [-0.2, 0) is 17.8 Å². The number of anilines is 6. The Labute approximate surface area is 804 Å². The fraction of sp³-hybridized carbons (Fsp3) is 0.223. The van der Waals surface area contributed by atoms with Gasteiger partial charge in [-0.3, -0.25) is 29.3 Å². The van der Waals surface area contributed by atoms with Crippen molar-refractivity contribution in [3.63, 3.8) is 0 Å². The van der Waals surface area contributed by atoms with Crippen molar-refractivity contribution in [2.24, 2.45) is 5.92 Å². The maximum Gasteiger partial charge on any atom is 0.200 e. The van der Waals surface area contributed by atoms with E-state index in [4.69, 9.17) is 33.2 Å². The monoisotopic (exact) mass is 1880 g/mol. The lowest BCUT2D eigenvalue weighted by molar-refractivity contribution is 0.0282. The predicted octanol–water partition coefficient (Wildman–Crippen LogP) is 23.6. The lowest BCUT2D eigenvalue weighted by atomic mass is 10.0. The summed E-state index contributed by atoms with van der Waals surface area (Å²) in [7, 11) is 0. The number of aryl methyl sites for hydroxylation is 3. The van der Waals surface area contributed by atoms with Gasteiger partial charge in [0.15, 0.2) is 34.7 Å². The zero-order valence-corrected chi connectivity index (χ0v) is 79.0. The van der Waals surface area contributed by atoms with Gasteiger partial charge in [-0.25, -0.2) is 28.1 Å². The van der Waals surface area contributed by atoms with Crippen LogP contribution in [0.15, 0.2) is 289 Å². The van der Waals surface area contributed by atoms with E-state index in [1.165, 1.54) is 43.2 Å². The highest BCUT2D eigenvalue weighted by Crippen LogP contribution is 2.42. The highest BCUT2D eigenvalue weighted by atomic mass is 19.1. The number of pyridine rings is 9. The summed E-state index contributed by atoms with van der Waals surface area (Å²) < 4.78 is 93.3. The van der Waals surface area contributed by atoms with Crippen LogP contribution in [0.25, 0.3) is 98.8 Å². The number of ether oxygens (including phenoxy) is 7. The molecular formula is C112H103F3N12O13. The Morgan fingerprint density at radius 2 is 0.700 bits per heavy atom. The Morgan fingerprint density at radius 1 is 0.386 bits per heavy atom. The van der Waals surface area contributed by atoms with Crippen molar-refractivity contribution in [2.75, 3.05) is 42.4 Å². The highest BCUT2D eigenvalue weighted by Gasteiger charge is 2.29. The van der Waals surface area contributed by atoms with Gasteiger partial charge >= 0.3 is 0 Å². The minimum Gasteiger partial charge on any atom is -0.491 e. The number of hydrogen-bond acceptors (Lipinski definition) is 22. The molecule has 25 nitrogen and oxygen atoms in total. The first-order valence-electron chi connectivity index (χ1n) is 46.1. The maximum absolute atomic E-state index is 15.5. The first-order chi connectivity index (χ1) is 67.2. The highest BCUT2D eigenvalue weighted by molar-refractivity contribution is 5.98. The third-order valence-electron chi connectivity index (χ3n) is 23.6. The average Bonchev–Trinajstić information content (AvgIpc) is 0.934. The van der Waals surface area contributed by atoms with E-state index >= 15 is 13.2 Å². The van der Waals surface area contributed by atoms with Gasteiger partial charge in [0.05, 0.1) is 85.3 Å². The fourth-order valence-corrected chi connectivity index (χ4v) is 16.1. The third-order valence-corrected chi connectivity index (χ3v) is 23.6. The standard InChI is InChI=1S/C38H35FN4O4.C37H33FN4O5.C37H35FN4O4/c1-23-4-8-25(9-5-23)29-21-43(20-24-6-7-24)32-14-16-41-37(35(32)36(29)44)42-26-10-13-34(30(39)18-26)47-33-15-17-40-31-19-27(11-12-28(31)33)46-22-38(2,3)45;1-22-4-6-23(7-5-22)28-19-42(18-26-20-45-26)31-12-14-40-36(34(31)35(28)43)41-24-8-11-33(29(38)16-24)47-32-13-15-39-30-17-25(9-10-27(30)32)46-21-37(2,3)44;1-22(2)42-20-28(24-8-6-23(3)7-9-24)35(43)34-31(42)14-16-40-36(34)41-25-10-13-33(29(38)18-25)46-32-15-17-39-30-19-26(11-12-27(30)32)45-21-37(4,5)44/h4-5,8-19,21,24,45H,6-7,20,22H2,1-3H3,(H,41,42);4-17,19,26,44H,18,20-21H2,1-3H3,(H,40,41);6-20,22,44H,21H2,1-5H3,(H,40,41). The minimum atomic E-state index is -0.982. The molecule has 1 aliphatic carbocycles. The molecule has 20 rings (SSSR count). The predicted molar refractivity (Wildman–Crippen MR) is 541 cm³/mol. The number of aliphatic hydroxyl groups is 3. The SMILES string of the molecule is Cc1ccc(-c2cn(C(C)C)c3ccnc(Nc4ccc(Oc5ccnc6cc(OCC(C)(C)O)ccc56)c(F)c4)c3c2=O)cc1.Cc1ccc(-c2cn(CC3CC3)c3ccnc(Nc4ccc(Oc5ccnc6cc(OCC(C)(C)O)ccc56)c(F)c4)c3c2=O)cc1.Cc1ccc(-c2cn(CC3CO3)c3ccnc(Nc4ccc(Oc5ccnc6cc(OCC(C)(C)O)ccc56)c(F)c4)c3c2=O)cc1. The number of rotatable bonds is 29. The van der Waals surface area contributed by atoms with E-state index < -0.39 is 34.3 Å². The van der Waals surface area contributed by atoms with Crippen LogP contribution in [0.5, 0.6) is 51.7 Å². The smallest absolute Gasteiger partial charge is 0.200 e. The number of nitrogens with zero attached hydrogens (tertiary/aromatic N) is 9. The van der Waals surface area contributed by atoms with Gasteiger partial charge in [0, 0.05) is 155 Å². The zero-order chi connectivity index (χ0) is 98.0. The molecule has 0 bridgehead atoms. The summed E-state index contributed by atoms with van der Waals surface area (Å²) in [6.45, 7) is 22.6. The molecule has 710 valence electrons. The molecule has 1 atom stereocenters. The van der Waals surface area contributed by atoms with Gasteiger partial charge in [-0.2, -0.15) is 0 Å². The van der Waals surface area contributed by atoms with Crippen LogP contribution in [0.4, 0.5) is 47.7 Å². The van der Waals surface area contributed by atoms with Gasteiger partial charge in [0.1, 0.15) is 71.8 Å². The molecular weight excluding hydrogens is 1780 g/mol. The summed E-state index contributed by atoms with van der Waals surface area (Å²) >= 11 is 0. The number of fused-ring (bicyclic) bond motifs is 6. The van der Waals surface area contributed by atoms with E-state index in [1.54, 1.807) is 176 Å². The first-order valence-corrected chi connectivity index (χ1v) is 46.1. The number of epoxide rings is 1. The van der Waals surface area contributed by atoms with E-state index in [1.807, 2.05) is 135 Å². The number of hydrogen-bond donors (Lipinski definition) is 6. The molecule has 2 fully saturated rings. The molecule has 0 amide bonds. The second-order valence-corrected chi connectivity index (χ2v) is 37.5. The lowest BCUT2D eigenvalue weighted by Crippen LogP contribution is -2.27. The summed E-state index contributed by atoms with van der Waals surface area (Å²) in [5.74, 6) is 2.82. The van der Waals surface area contributed by atoms with Gasteiger partial charge < -0.3 is 78.1 Å². The largest absolute Gasteiger partial charge is 0.491 e. The molecule has 140 heavy (non-hydrogen) atoms. The van der Waals surface area contributed by atoms with Crippen LogP contribution >= 0.6 is 0 Å². The van der Waals surface area contributed by atoms with E-state index in [9.17, 15) is 29.7 Å². The third kappa shape index (κ3) is 22.2. The summed E-state index contributed by atoms with van der Waals surface area (Å²) in [5.41, 5.74) is 9.34. The van der Waals surface area contributed by atoms with Crippen LogP contribution in [0.3, 0.4) is 0 Å². The summed E-state index contributed by atoms with van der Waals surface area (Å²) in [6.07, 6.45) is 17.8. The molecule has 18 aromatic rings. The van der Waals surface area contributed by atoms with E-state index in [2.05, 4.69) is 68.8 Å². The number of aromatic nitrogens is 9. The Kier molecular flexibility index (Phi) is 26.8. The second-order valence-electron chi connectivity index (χ2n) is 37.5. The lowest BCUT2D eigenvalue weighted by Gasteiger charge is -2.19. The van der Waals surface area contributed by atoms with Crippen LogP contribution in [0.1, 0.15) is 91.0 Å². The van der Waals surface area contributed by atoms with Gasteiger partial charge in [0.2, 0.25) is 16.3 Å². The van der Waals surface area contributed by atoms with Gasteiger partial charge in [-0.15, -0.1) is 0 Å². The van der Waals surface area contributed by atoms with Crippen molar-refractivity contribution in [1.29, 1.82) is 0 Å². The topological polar surface area (TPSA) is 308 Å². The Balaban J connectivity index is 0.000000139. The molecule has 1 aliphatic heterocycles. The summed E-state index contributed by atoms with van der Waals surface area (Å²) in [5, 5.41) is 42.7. The van der Waals surface area contributed by atoms with Gasteiger partial charge in [0.25, 0.3) is 0 Å². The van der Waals surface area contributed by atoms with Crippen molar-refractivity contribution in [3.8, 4) is 85.1 Å². The molecule has 6 N–H and O–H groups in total. The van der Waals surface area contributed by atoms with E-state index in [-0.39, 0.29) is 65.5 Å². The van der Waals surface area contributed by atoms with Crippen molar-refractivity contribution in [1.82, 2.24) is 43.6 Å². The van der Waals surface area contributed by atoms with Crippen molar-refractivity contribution in [3.05, 3.63) is 339 Å². The molecule has 9 aromatic carbocycles. The first kappa shape index (κ1) is 94.5. The zero-order valence-electron chi connectivity index (χ0n) is 79.0. The molecule has 0 spiro atoms. The van der Waals surface area contributed by atoms with Crippen molar-refractivity contribution >= 4 is 99.9 Å². The van der Waals surface area contributed by atoms with Crippen molar-refractivity contribution in [2.45, 2.75) is 131 Å². The van der Waals surface area contributed by atoms with Gasteiger partial charge in [-0.1, -0.05) is 89.5 Å². The molecule has 1 saturated heterocycles. The Morgan fingerprint density at radius 3 is 1.01 bits per heavy atom. The Hall–Kier alpha value is -15.9. The number of halogens is 3. The number of nitrogens with one attached hydrogen (secondary N) is 3. The summed E-state index contributed by atoms with van der Waals surface area (Å²) in [6, 6.07) is 63.6. The normalized spacial score (nSPS) is 13.1. The second kappa shape index (κ2) is 39.7. The quantitative estimate of drug-likeness (QED) is 0.0237. The molecule has 1 unspecified atom stereocenters. The molecule has 28 heteroatoms. The summed E-state index contributed by atoms with van der Waals surface area (Å²) in [4.78, 5) is 68.6. The average molecular weight is 1880 g/mol. The molecule has 2 aliphatic rings. The van der Waals surface area contributed by atoms with Crippen molar-refractivity contribution < 1.29 is 61.6 Å². The van der Waals surface area contributed by atoms with E-state index in [0.29, 0.717) is 159 Å². The fourth-order valence-electron chi connectivity index (χ4n) is 16.1.